The normalized spacial score (nSPS) is 11.1. The second kappa shape index (κ2) is 29.4. The zero-order valence-electron chi connectivity index (χ0n) is 24.5. The molecule has 35 heavy (non-hydrogen) atoms. The van der Waals surface area contributed by atoms with Gasteiger partial charge in [0, 0.05) is 6.08 Å². The zero-order valence-corrected chi connectivity index (χ0v) is 24.5. The van der Waals surface area contributed by atoms with Gasteiger partial charge in [0.1, 0.15) is 5.60 Å². The van der Waals surface area contributed by atoms with Crippen molar-refractivity contribution in [2.24, 2.45) is 0 Å². The first-order valence-electron chi connectivity index (χ1n) is 15.0. The SMILES string of the molecule is C=CC(=O)OC(C)(C)C.CCCCCCCCCCCCOOCCCCCCCCCCCC. The van der Waals surface area contributed by atoms with Crippen LogP contribution in [0.2, 0.25) is 0 Å². The highest BCUT2D eigenvalue weighted by Crippen LogP contribution is 2.12. The van der Waals surface area contributed by atoms with Gasteiger partial charge in [0.05, 0.1) is 13.2 Å². The summed E-state index contributed by atoms with van der Waals surface area (Å²) in [6.45, 7) is 14.8. The van der Waals surface area contributed by atoms with Crippen molar-refractivity contribution in [2.45, 2.75) is 169 Å². The summed E-state index contributed by atoms with van der Waals surface area (Å²) in [6.07, 6.45) is 28.5. The van der Waals surface area contributed by atoms with E-state index in [2.05, 4.69) is 20.4 Å². The van der Waals surface area contributed by atoms with E-state index in [0.717, 1.165) is 32.1 Å². The molecular formula is C31H62O4. The summed E-state index contributed by atoms with van der Waals surface area (Å²) >= 11 is 0. The summed E-state index contributed by atoms with van der Waals surface area (Å²) in [6, 6.07) is 0. The Hall–Kier alpha value is -0.870. The van der Waals surface area contributed by atoms with E-state index < -0.39 is 5.60 Å². The summed E-state index contributed by atoms with van der Waals surface area (Å²) < 4.78 is 4.83. The lowest BCUT2D eigenvalue weighted by Crippen LogP contribution is -2.22. The van der Waals surface area contributed by atoms with Crippen LogP contribution in [0.25, 0.3) is 0 Å². The van der Waals surface area contributed by atoms with Crippen molar-refractivity contribution >= 4 is 5.97 Å². The zero-order chi connectivity index (χ0) is 26.5. The van der Waals surface area contributed by atoms with Gasteiger partial charge in [-0.3, -0.25) is 0 Å². The molecule has 0 aliphatic heterocycles. The quantitative estimate of drug-likeness (QED) is 0.0436. The van der Waals surface area contributed by atoms with Gasteiger partial charge in [0.2, 0.25) is 0 Å². The molecule has 0 aromatic heterocycles. The molecule has 0 N–H and O–H groups in total. The molecule has 0 amide bonds. The van der Waals surface area contributed by atoms with Crippen LogP contribution in [0.15, 0.2) is 12.7 Å². The van der Waals surface area contributed by atoms with Crippen molar-refractivity contribution in [2.75, 3.05) is 13.2 Å². The first kappa shape index (κ1) is 36.3. The third-order valence-electron chi connectivity index (χ3n) is 5.82. The van der Waals surface area contributed by atoms with Crippen LogP contribution in [-0.2, 0) is 19.3 Å². The molecule has 0 aliphatic rings. The summed E-state index contributed by atoms with van der Waals surface area (Å²) in [7, 11) is 0. The number of carbonyl (C=O) groups is 1. The Labute approximate surface area is 219 Å². The number of carbonyl (C=O) groups excluding carboxylic acids is 1. The van der Waals surface area contributed by atoms with Gasteiger partial charge in [-0.2, -0.15) is 0 Å². The van der Waals surface area contributed by atoms with E-state index in [1.807, 2.05) is 20.8 Å². The monoisotopic (exact) mass is 498 g/mol. The van der Waals surface area contributed by atoms with Crippen LogP contribution in [0.4, 0.5) is 0 Å². The molecule has 0 radical (unpaired) electrons. The Bertz CT molecular complexity index is 404. The number of hydrogen-bond acceptors (Lipinski definition) is 4. The number of unbranched alkanes of at least 4 members (excludes halogenated alkanes) is 18. The molecule has 4 nitrogen and oxygen atoms in total. The van der Waals surface area contributed by atoms with Crippen molar-refractivity contribution in [3.63, 3.8) is 0 Å². The summed E-state index contributed by atoms with van der Waals surface area (Å²) in [5.74, 6) is -0.373. The Morgan fingerprint density at radius 3 is 1.09 bits per heavy atom. The van der Waals surface area contributed by atoms with Gasteiger partial charge in [-0.1, -0.05) is 136 Å². The van der Waals surface area contributed by atoms with E-state index in [-0.39, 0.29) is 5.97 Å². The predicted molar refractivity (Wildman–Crippen MR) is 152 cm³/mol. The van der Waals surface area contributed by atoms with Crippen molar-refractivity contribution in [3.8, 4) is 0 Å². The first-order valence-corrected chi connectivity index (χ1v) is 15.0. The van der Waals surface area contributed by atoms with E-state index >= 15 is 0 Å². The molecule has 0 saturated heterocycles. The second-order valence-corrected chi connectivity index (χ2v) is 10.7. The fraction of sp³-hybridized carbons (Fsp3) is 0.903. The molecule has 0 rings (SSSR count). The van der Waals surface area contributed by atoms with Crippen LogP contribution in [0.1, 0.15) is 163 Å². The van der Waals surface area contributed by atoms with Crippen LogP contribution in [0.5, 0.6) is 0 Å². The fourth-order valence-corrected chi connectivity index (χ4v) is 3.76. The minimum atomic E-state index is -0.398. The van der Waals surface area contributed by atoms with Crippen LogP contribution in [-0.4, -0.2) is 24.8 Å². The highest BCUT2D eigenvalue weighted by Gasteiger charge is 2.12. The summed E-state index contributed by atoms with van der Waals surface area (Å²) in [5.41, 5.74) is -0.398. The average molecular weight is 499 g/mol. The fourth-order valence-electron chi connectivity index (χ4n) is 3.76. The number of ether oxygens (including phenoxy) is 1. The minimum Gasteiger partial charge on any atom is -0.457 e. The molecule has 4 heteroatoms. The largest absolute Gasteiger partial charge is 0.457 e. The van der Waals surface area contributed by atoms with Crippen molar-refractivity contribution in [1.29, 1.82) is 0 Å². The summed E-state index contributed by atoms with van der Waals surface area (Å²) in [5, 5.41) is 0. The van der Waals surface area contributed by atoms with Gasteiger partial charge in [0.25, 0.3) is 0 Å². The molecule has 0 fully saturated rings. The van der Waals surface area contributed by atoms with Gasteiger partial charge in [0.15, 0.2) is 0 Å². The number of hydrogen-bond donors (Lipinski definition) is 0. The molecule has 0 saturated carbocycles. The van der Waals surface area contributed by atoms with E-state index in [1.165, 1.54) is 116 Å². The van der Waals surface area contributed by atoms with E-state index in [1.54, 1.807) is 0 Å². The van der Waals surface area contributed by atoms with Crippen molar-refractivity contribution < 1.29 is 19.3 Å². The molecule has 0 spiro atoms. The van der Waals surface area contributed by atoms with E-state index in [9.17, 15) is 4.79 Å². The lowest BCUT2D eigenvalue weighted by atomic mass is 10.1. The van der Waals surface area contributed by atoms with Gasteiger partial charge < -0.3 is 4.74 Å². The first-order chi connectivity index (χ1) is 16.9. The van der Waals surface area contributed by atoms with Crippen LogP contribution in [0, 0.1) is 0 Å². The molecule has 0 aromatic rings. The molecule has 0 atom stereocenters. The number of rotatable bonds is 24. The minimum absolute atomic E-state index is 0.373. The predicted octanol–water partition coefficient (Wildman–Crippen LogP) is 10.3. The molecule has 0 bridgehead atoms. The van der Waals surface area contributed by atoms with E-state index in [0.29, 0.717) is 0 Å². The maximum absolute atomic E-state index is 10.5. The Morgan fingerprint density at radius 2 is 0.857 bits per heavy atom. The molecular weight excluding hydrogens is 436 g/mol. The van der Waals surface area contributed by atoms with Crippen molar-refractivity contribution in [3.05, 3.63) is 12.7 Å². The standard InChI is InChI=1S/C24H50O2.C7H12O2/c1-3-5-7-9-11-13-15-17-19-21-23-25-26-24-22-20-18-16-14-12-10-8-6-4-2;1-5-6(8)9-7(2,3)4/h3-24H2,1-2H3;5H,1H2,2-4H3. The Kier molecular flexibility index (Phi) is 30.4. The van der Waals surface area contributed by atoms with Crippen LogP contribution < -0.4 is 0 Å². The molecule has 0 aromatic carbocycles. The van der Waals surface area contributed by atoms with Crippen molar-refractivity contribution in [1.82, 2.24) is 0 Å². The lowest BCUT2D eigenvalue weighted by molar-refractivity contribution is -0.295. The maximum Gasteiger partial charge on any atom is 0.330 e. The number of esters is 1. The van der Waals surface area contributed by atoms with E-state index in [4.69, 9.17) is 14.5 Å². The van der Waals surface area contributed by atoms with Gasteiger partial charge in [-0.05, 0) is 33.6 Å². The Balaban J connectivity index is 0. The smallest absolute Gasteiger partial charge is 0.330 e. The van der Waals surface area contributed by atoms with Gasteiger partial charge in [-0.25, -0.2) is 14.6 Å². The van der Waals surface area contributed by atoms with Crippen LogP contribution in [0.3, 0.4) is 0 Å². The van der Waals surface area contributed by atoms with Gasteiger partial charge in [-0.15, -0.1) is 0 Å². The molecule has 0 heterocycles. The highest BCUT2D eigenvalue weighted by molar-refractivity contribution is 5.81. The third-order valence-corrected chi connectivity index (χ3v) is 5.82. The highest BCUT2D eigenvalue weighted by atomic mass is 17.2. The molecule has 210 valence electrons. The maximum atomic E-state index is 10.5. The second-order valence-electron chi connectivity index (χ2n) is 10.7. The Morgan fingerprint density at radius 1 is 0.571 bits per heavy atom. The molecule has 0 unspecified atom stereocenters. The topological polar surface area (TPSA) is 44.8 Å². The summed E-state index contributed by atoms with van der Waals surface area (Å²) in [4.78, 5) is 21.1. The van der Waals surface area contributed by atoms with Crippen LogP contribution >= 0.6 is 0 Å². The van der Waals surface area contributed by atoms with Gasteiger partial charge >= 0.3 is 5.97 Å². The lowest BCUT2D eigenvalue weighted by Gasteiger charge is -2.17. The third kappa shape index (κ3) is 37.8. The average Bonchev–Trinajstić information content (AvgIpc) is 2.81. The molecule has 0 aliphatic carbocycles.